The summed E-state index contributed by atoms with van der Waals surface area (Å²) in [6, 6.07) is 9.63. The zero-order valence-corrected chi connectivity index (χ0v) is 16.6. The number of nitrogens with one attached hydrogen (secondary N) is 1. The van der Waals surface area contributed by atoms with Crippen LogP contribution in [0.15, 0.2) is 40.9 Å². The number of likely N-dealkylation sites (tertiary alicyclic amines) is 1. The van der Waals surface area contributed by atoms with Crippen molar-refractivity contribution in [3.8, 4) is 0 Å². The summed E-state index contributed by atoms with van der Waals surface area (Å²) in [4.78, 5) is 19.7. The van der Waals surface area contributed by atoms with E-state index in [1.165, 1.54) is 0 Å². The van der Waals surface area contributed by atoms with Gasteiger partial charge in [0, 0.05) is 24.6 Å². The molecule has 0 bridgehead atoms. The highest BCUT2D eigenvalue weighted by Crippen LogP contribution is 2.30. The van der Waals surface area contributed by atoms with Crippen LogP contribution in [0.5, 0.6) is 0 Å². The molecule has 1 aromatic carbocycles. The minimum Gasteiger partial charge on any atom is -0.440 e. The second-order valence-electron chi connectivity index (χ2n) is 7.77. The summed E-state index contributed by atoms with van der Waals surface area (Å²) in [7, 11) is 0. The van der Waals surface area contributed by atoms with E-state index < -0.39 is 0 Å². The van der Waals surface area contributed by atoms with Crippen molar-refractivity contribution >= 4 is 22.8 Å². The molecule has 7 heteroatoms. The van der Waals surface area contributed by atoms with Crippen LogP contribution < -0.4 is 5.32 Å². The van der Waals surface area contributed by atoms with Crippen molar-refractivity contribution < 1.29 is 9.21 Å². The number of hydrogen-bond acceptors (Lipinski definition) is 5. The molecule has 1 amide bonds. The van der Waals surface area contributed by atoms with Crippen LogP contribution in [0.4, 0.5) is 5.82 Å². The highest BCUT2D eigenvalue weighted by Gasteiger charge is 2.31. The zero-order valence-electron chi connectivity index (χ0n) is 16.6. The van der Waals surface area contributed by atoms with Crippen LogP contribution in [0.25, 0.3) is 11.1 Å². The third-order valence-corrected chi connectivity index (χ3v) is 5.45. The van der Waals surface area contributed by atoms with Gasteiger partial charge < -0.3 is 9.73 Å². The molecule has 1 N–H and O–H groups in total. The number of nitrogens with zero attached hydrogens (tertiary/aromatic N) is 4. The predicted molar refractivity (Wildman–Crippen MR) is 108 cm³/mol. The van der Waals surface area contributed by atoms with Crippen molar-refractivity contribution in [2.75, 3.05) is 18.4 Å². The Bertz CT molecular complexity index is 928. The van der Waals surface area contributed by atoms with E-state index in [0.29, 0.717) is 0 Å². The van der Waals surface area contributed by atoms with E-state index >= 15 is 0 Å². The van der Waals surface area contributed by atoms with Crippen molar-refractivity contribution in [3.63, 3.8) is 0 Å². The highest BCUT2D eigenvalue weighted by molar-refractivity contribution is 5.93. The summed E-state index contributed by atoms with van der Waals surface area (Å²) >= 11 is 0. The molecule has 1 aliphatic rings. The zero-order chi connectivity index (χ0) is 19.7. The number of amides is 1. The molecule has 3 heterocycles. The molecule has 28 heavy (non-hydrogen) atoms. The number of carbonyl (C=O) groups is 1. The molecule has 1 saturated heterocycles. The minimum absolute atomic E-state index is 0.0133. The average Bonchev–Trinajstić information content (AvgIpc) is 3.34. The molecule has 7 nitrogen and oxygen atoms in total. The maximum absolute atomic E-state index is 12.8. The molecule has 2 atom stereocenters. The van der Waals surface area contributed by atoms with Crippen molar-refractivity contribution in [1.82, 2.24) is 19.7 Å². The molecule has 148 valence electrons. The van der Waals surface area contributed by atoms with Gasteiger partial charge in [-0.25, -0.2) is 9.67 Å². The van der Waals surface area contributed by atoms with Gasteiger partial charge in [0.15, 0.2) is 11.5 Å². The summed E-state index contributed by atoms with van der Waals surface area (Å²) in [5, 5.41) is 7.31. The number of fused-ring (bicyclic) bond motifs is 1. The molecule has 0 spiro atoms. The first-order valence-electron chi connectivity index (χ1n) is 9.97. The first kappa shape index (κ1) is 18.7. The third-order valence-electron chi connectivity index (χ3n) is 5.45. The van der Waals surface area contributed by atoms with Crippen molar-refractivity contribution in [1.29, 1.82) is 0 Å². The number of anilines is 1. The Hall–Kier alpha value is -2.67. The summed E-state index contributed by atoms with van der Waals surface area (Å²) in [5.41, 5.74) is 1.71. The lowest BCUT2D eigenvalue weighted by Crippen LogP contribution is -2.46. The summed E-state index contributed by atoms with van der Waals surface area (Å²) in [6.07, 6.45) is 3.76. The number of carbonyl (C=O) groups excluding carboxylic acids is 1. The van der Waals surface area contributed by atoms with Crippen molar-refractivity contribution in [3.05, 3.63) is 42.4 Å². The van der Waals surface area contributed by atoms with E-state index in [0.717, 1.165) is 48.7 Å². The van der Waals surface area contributed by atoms with Crippen LogP contribution >= 0.6 is 0 Å². The maximum Gasteiger partial charge on any atom is 0.242 e. The van der Waals surface area contributed by atoms with Crippen LogP contribution in [0.1, 0.15) is 51.5 Å². The number of oxazole rings is 1. The largest absolute Gasteiger partial charge is 0.440 e. The Balaban J connectivity index is 1.44. The number of rotatable bonds is 5. The lowest BCUT2D eigenvalue weighted by atomic mass is 9.96. The molecular weight excluding hydrogens is 354 g/mol. The maximum atomic E-state index is 12.8. The molecule has 4 rings (SSSR count). The van der Waals surface area contributed by atoms with Crippen LogP contribution in [-0.4, -0.2) is 44.7 Å². The third kappa shape index (κ3) is 3.67. The molecule has 0 aliphatic carbocycles. The van der Waals surface area contributed by atoms with E-state index in [2.05, 4.69) is 20.3 Å². The quantitative estimate of drug-likeness (QED) is 0.727. The van der Waals surface area contributed by atoms with E-state index in [1.807, 2.05) is 55.8 Å². The van der Waals surface area contributed by atoms with Gasteiger partial charge in [0.25, 0.3) is 0 Å². The molecule has 3 aromatic rings. The second-order valence-corrected chi connectivity index (χ2v) is 7.77. The van der Waals surface area contributed by atoms with E-state index in [1.54, 1.807) is 6.20 Å². The van der Waals surface area contributed by atoms with Gasteiger partial charge >= 0.3 is 0 Å². The molecule has 0 saturated carbocycles. The Labute approximate surface area is 164 Å². The van der Waals surface area contributed by atoms with Crippen LogP contribution in [0.3, 0.4) is 0 Å². The molecule has 1 fully saturated rings. The number of benzene rings is 1. The standard InChI is InChI=1S/C21H27N5O2/c1-14(2)26-19(10-11-22-26)24-20(27)15(3)25-12-6-7-16(13-25)21-23-17-8-4-5-9-18(17)28-21/h4-5,8-11,14-16H,6-7,12-13H2,1-3H3,(H,24,27)/t15-,16+/m0/s1. The van der Waals surface area contributed by atoms with Crippen molar-refractivity contribution in [2.24, 2.45) is 0 Å². The molecule has 1 aliphatic heterocycles. The van der Waals surface area contributed by atoms with Gasteiger partial charge in [-0.1, -0.05) is 12.1 Å². The van der Waals surface area contributed by atoms with Gasteiger partial charge in [0.1, 0.15) is 11.3 Å². The number of piperidine rings is 1. The second kappa shape index (κ2) is 7.75. The van der Waals surface area contributed by atoms with Gasteiger partial charge in [-0.15, -0.1) is 0 Å². The smallest absolute Gasteiger partial charge is 0.242 e. The monoisotopic (exact) mass is 381 g/mol. The van der Waals surface area contributed by atoms with Crippen LogP contribution in [0, 0.1) is 0 Å². The van der Waals surface area contributed by atoms with Gasteiger partial charge in [-0.2, -0.15) is 5.10 Å². The fourth-order valence-electron chi connectivity index (χ4n) is 3.85. The van der Waals surface area contributed by atoms with Gasteiger partial charge in [0.2, 0.25) is 5.91 Å². The summed E-state index contributed by atoms with van der Waals surface area (Å²) in [5.74, 6) is 1.70. The fourth-order valence-corrected chi connectivity index (χ4v) is 3.85. The first-order chi connectivity index (χ1) is 13.5. The van der Waals surface area contributed by atoms with Crippen LogP contribution in [-0.2, 0) is 4.79 Å². The first-order valence-corrected chi connectivity index (χ1v) is 9.97. The number of hydrogen-bond donors (Lipinski definition) is 1. The van der Waals surface area contributed by atoms with Gasteiger partial charge in [-0.3, -0.25) is 9.69 Å². The van der Waals surface area contributed by atoms with E-state index in [4.69, 9.17) is 4.42 Å². The lowest BCUT2D eigenvalue weighted by molar-refractivity contribution is -0.121. The Kier molecular flexibility index (Phi) is 5.17. The fraction of sp³-hybridized carbons (Fsp3) is 0.476. The summed E-state index contributed by atoms with van der Waals surface area (Å²) in [6.45, 7) is 7.71. The SMILES string of the molecule is CC(C)n1nccc1NC(=O)[C@H](C)N1CCC[C@@H](c2nc3ccccc3o2)C1. The Morgan fingerprint density at radius 1 is 1.25 bits per heavy atom. The van der Waals surface area contributed by atoms with E-state index in [9.17, 15) is 4.79 Å². The Morgan fingerprint density at radius 3 is 2.86 bits per heavy atom. The van der Waals surface area contributed by atoms with Crippen molar-refractivity contribution in [2.45, 2.75) is 51.6 Å². The molecular formula is C21H27N5O2. The molecule has 0 radical (unpaired) electrons. The average molecular weight is 381 g/mol. The topological polar surface area (TPSA) is 76.2 Å². The number of para-hydroxylation sites is 2. The predicted octanol–water partition coefficient (Wildman–Crippen LogP) is 3.81. The normalized spacial score (nSPS) is 19.2. The highest BCUT2D eigenvalue weighted by atomic mass is 16.3. The van der Waals surface area contributed by atoms with Gasteiger partial charge in [-0.05, 0) is 52.3 Å². The molecule has 2 aromatic heterocycles. The van der Waals surface area contributed by atoms with E-state index in [-0.39, 0.29) is 23.9 Å². The minimum atomic E-state index is -0.234. The lowest BCUT2D eigenvalue weighted by Gasteiger charge is -2.34. The number of aromatic nitrogens is 3. The Morgan fingerprint density at radius 2 is 2.07 bits per heavy atom. The van der Waals surface area contributed by atoms with Crippen LogP contribution in [0.2, 0.25) is 0 Å². The molecule has 0 unspecified atom stereocenters. The summed E-state index contributed by atoms with van der Waals surface area (Å²) < 4.78 is 7.79. The van der Waals surface area contributed by atoms with Gasteiger partial charge in [0.05, 0.1) is 12.2 Å².